The van der Waals surface area contributed by atoms with Gasteiger partial charge in [0.15, 0.2) is 0 Å². The van der Waals surface area contributed by atoms with Gasteiger partial charge in [-0.2, -0.15) is 0 Å². The lowest BCUT2D eigenvalue weighted by Crippen LogP contribution is -2.23. The van der Waals surface area contributed by atoms with E-state index >= 15 is 0 Å². The molecule has 6 heteroatoms. The summed E-state index contributed by atoms with van der Waals surface area (Å²) >= 11 is 4.87. The zero-order chi connectivity index (χ0) is 12.3. The summed E-state index contributed by atoms with van der Waals surface area (Å²) in [6.07, 6.45) is 1.56. The Morgan fingerprint density at radius 2 is 2.41 bits per heavy atom. The molecule has 2 rings (SSSR count). The molecular formula is C11H11BrN2O2S. The van der Waals surface area contributed by atoms with E-state index in [1.165, 1.54) is 4.57 Å². The number of rotatable bonds is 4. The van der Waals surface area contributed by atoms with Crippen LogP contribution in [0.15, 0.2) is 33.1 Å². The lowest BCUT2D eigenvalue weighted by molar-refractivity contribution is 0.186. The first-order chi connectivity index (χ1) is 8.24. The molecule has 0 atom stereocenters. The number of thiophene rings is 1. The second kappa shape index (κ2) is 5.57. The van der Waals surface area contributed by atoms with E-state index in [4.69, 9.17) is 4.74 Å². The smallest absolute Gasteiger partial charge is 0.268 e. The second-order valence-electron chi connectivity index (χ2n) is 3.38. The maximum Gasteiger partial charge on any atom is 0.268 e. The van der Waals surface area contributed by atoms with Crippen molar-refractivity contribution in [2.45, 2.75) is 6.54 Å². The molecule has 0 N–H and O–H groups in total. The first-order valence-corrected chi connectivity index (χ1v) is 6.69. The Hall–Kier alpha value is -0.980. The number of nitrogens with zero attached hydrogens (tertiary/aromatic N) is 2. The monoisotopic (exact) mass is 314 g/mol. The van der Waals surface area contributed by atoms with Gasteiger partial charge >= 0.3 is 0 Å². The van der Waals surface area contributed by atoms with E-state index in [0.717, 1.165) is 4.88 Å². The molecule has 0 aromatic carbocycles. The summed E-state index contributed by atoms with van der Waals surface area (Å²) in [6.45, 7) is 0.998. The van der Waals surface area contributed by atoms with Gasteiger partial charge in [-0.3, -0.25) is 9.36 Å². The van der Waals surface area contributed by atoms with Crippen LogP contribution in [0.2, 0.25) is 0 Å². The Morgan fingerprint density at radius 1 is 1.59 bits per heavy atom. The normalized spacial score (nSPS) is 10.7. The summed E-state index contributed by atoms with van der Waals surface area (Å²) in [5, 5.41) is 1.96. The van der Waals surface area contributed by atoms with Crippen molar-refractivity contribution in [3.05, 3.63) is 38.7 Å². The van der Waals surface area contributed by atoms with Crippen LogP contribution < -0.4 is 5.56 Å². The summed E-state index contributed by atoms with van der Waals surface area (Å²) in [6, 6.07) is 3.88. The highest BCUT2D eigenvalue weighted by Crippen LogP contribution is 2.26. The number of halogens is 1. The van der Waals surface area contributed by atoms with Gasteiger partial charge in [-0.25, -0.2) is 4.98 Å². The number of ether oxygens (including phenoxy) is 1. The van der Waals surface area contributed by atoms with Crippen molar-refractivity contribution >= 4 is 27.3 Å². The third kappa shape index (κ3) is 2.65. The summed E-state index contributed by atoms with van der Waals surface area (Å²) in [5.74, 6) is 0. The quantitative estimate of drug-likeness (QED) is 0.870. The highest BCUT2D eigenvalue weighted by atomic mass is 79.9. The Kier molecular flexibility index (Phi) is 4.09. The van der Waals surface area contributed by atoms with Crippen LogP contribution in [-0.4, -0.2) is 23.3 Å². The molecule has 0 saturated heterocycles. The van der Waals surface area contributed by atoms with Gasteiger partial charge in [0.1, 0.15) is 10.2 Å². The SMILES string of the molecule is COCCn1cnc(-c2cccs2)c(Br)c1=O. The summed E-state index contributed by atoms with van der Waals surface area (Å²) < 4.78 is 6.97. The first kappa shape index (κ1) is 12.5. The summed E-state index contributed by atoms with van der Waals surface area (Å²) in [7, 11) is 1.60. The largest absolute Gasteiger partial charge is 0.383 e. The van der Waals surface area contributed by atoms with Crippen LogP contribution in [0.3, 0.4) is 0 Å². The van der Waals surface area contributed by atoms with Gasteiger partial charge in [-0.15, -0.1) is 11.3 Å². The molecule has 17 heavy (non-hydrogen) atoms. The number of hydrogen-bond acceptors (Lipinski definition) is 4. The van der Waals surface area contributed by atoms with Crippen LogP contribution in [0, 0.1) is 0 Å². The predicted molar refractivity (Wildman–Crippen MR) is 71.4 cm³/mol. The molecule has 90 valence electrons. The molecule has 0 unspecified atom stereocenters. The molecule has 0 aliphatic rings. The minimum Gasteiger partial charge on any atom is -0.383 e. The van der Waals surface area contributed by atoms with Crippen LogP contribution >= 0.6 is 27.3 Å². The molecule has 0 amide bonds. The molecule has 4 nitrogen and oxygen atoms in total. The topological polar surface area (TPSA) is 44.1 Å². The maximum absolute atomic E-state index is 12.0. The average molecular weight is 315 g/mol. The fourth-order valence-electron chi connectivity index (χ4n) is 1.40. The Labute approximate surface area is 111 Å². The van der Waals surface area contributed by atoms with Gasteiger partial charge in [-0.05, 0) is 27.4 Å². The predicted octanol–water partition coefficient (Wildman–Crippen LogP) is 2.38. The van der Waals surface area contributed by atoms with Crippen molar-refractivity contribution in [2.75, 3.05) is 13.7 Å². The fraction of sp³-hybridized carbons (Fsp3) is 0.273. The van der Waals surface area contributed by atoms with Crippen LogP contribution in [0.25, 0.3) is 10.6 Å². The molecular weight excluding hydrogens is 304 g/mol. The van der Waals surface area contributed by atoms with Gasteiger partial charge in [-0.1, -0.05) is 6.07 Å². The zero-order valence-electron chi connectivity index (χ0n) is 9.22. The fourth-order valence-corrected chi connectivity index (χ4v) is 2.80. The van der Waals surface area contributed by atoms with E-state index < -0.39 is 0 Å². The van der Waals surface area contributed by atoms with Crippen LogP contribution in [-0.2, 0) is 11.3 Å². The van der Waals surface area contributed by atoms with E-state index in [-0.39, 0.29) is 5.56 Å². The molecule has 0 aliphatic heterocycles. The number of methoxy groups -OCH3 is 1. The summed E-state index contributed by atoms with van der Waals surface area (Å²) in [4.78, 5) is 17.3. The maximum atomic E-state index is 12.0. The second-order valence-corrected chi connectivity index (χ2v) is 5.12. The summed E-state index contributed by atoms with van der Waals surface area (Å²) in [5.41, 5.74) is 0.610. The van der Waals surface area contributed by atoms with Gasteiger partial charge in [0, 0.05) is 7.11 Å². The van der Waals surface area contributed by atoms with Crippen LogP contribution in [0.1, 0.15) is 0 Å². The average Bonchev–Trinajstić information content (AvgIpc) is 2.85. The minimum absolute atomic E-state index is 0.0829. The molecule has 0 saturated carbocycles. The van der Waals surface area contributed by atoms with Crippen molar-refractivity contribution in [2.24, 2.45) is 0 Å². The minimum atomic E-state index is -0.0829. The Morgan fingerprint density at radius 3 is 3.06 bits per heavy atom. The number of hydrogen-bond donors (Lipinski definition) is 0. The highest BCUT2D eigenvalue weighted by molar-refractivity contribution is 9.10. The molecule has 0 radical (unpaired) electrons. The molecule has 0 bridgehead atoms. The van der Waals surface area contributed by atoms with Crippen molar-refractivity contribution in [3.63, 3.8) is 0 Å². The molecule has 2 heterocycles. The molecule has 0 spiro atoms. The highest BCUT2D eigenvalue weighted by Gasteiger charge is 2.11. The lowest BCUT2D eigenvalue weighted by Gasteiger charge is -2.07. The van der Waals surface area contributed by atoms with Gasteiger partial charge < -0.3 is 4.74 Å². The van der Waals surface area contributed by atoms with Crippen LogP contribution in [0.5, 0.6) is 0 Å². The standard InChI is InChI=1S/C11H11BrN2O2S/c1-16-5-4-14-7-13-10(9(12)11(14)15)8-3-2-6-17-8/h2-3,6-7H,4-5H2,1H3. The van der Waals surface area contributed by atoms with E-state index in [1.807, 2.05) is 17.5 Å². The third-order valence-electron chi connectivity index (χ3n) is 2.27. The lowest BCUT2D eigenvalue weighted by atomic mass is 10.3. The van der Waals surface area contributed by atoms with Crippen molar-refractivity contribution in [3.8, 4) is 10.6 Å². The van der Waals surface area contributed by atoms with E-state index in [1.54, 1.807) is 24.8 Å². The van der Waals surface area contributed by atoms with Crippen molar-refractivity contribution in [1.82, 2.24) is 9.55 Å². The first-order valence-electron chi connectivity index (χ1n) is 5.02. The Balaban J connectivity index is 2.40. The molecule has 0 aliphatic carbocycles. The van der Waals surface area contributed by atoms with E-state index in [2.05, 4.69) is 20.9 Å². The third-order valence-corrected chi connectivity index (χ3v) is 3.86. The van der Waals surface area contributed by atoms with E-state index in [0.29, 0.717) is 23.3 Å². The molecule has 2 aromatic heterocycles. The van der Waals surface area contributed by atoms with Crippen molar-refractivity contribution in [1.29, 1.82) is 0 Å². The molecule has 0 fully saturated rings. The van der Waals surface area contributed by atoms with Crippen LogP contribution in [0.4, 0.5) is 0 Å². The molecule has 2 aromatic rings. The van der Waals surface area contributed by atoms with Gasteiger partial charge in [0.05, 0.1) is 24.4 Å². The van der Waals surface area contributed by atoms with Gasteiger partial charge in [0.2, 0.25) is 0 Å². The number of aromatic nitrogens is 2. The Bertz CT molecular complexity index is 551. The zero-order valence-corrected chi connectivity index (χ0v) is 11.6. The van der Waals surface area contributed by atoms with E-state index in [9.17, 15) is 4.79 Å². The van der Waals surface area contributed by atoms with Crippen molar-refractivity contribution < 1.29 is 4.74 Å². The van der Waals surface area contributed by atoms with Gasteiger partial charge in [0.25, 0.3) is 5.56 Å².